The van der Waals surface area contributed by atoms with E-state index in [2.05, 4.69) is 25.4 Å². The van der Waals surface area contributed by atoms with E-state index in [4.69, 9.17) is 28.2 Å². The molecule has 43 heavy (non-hydrogen) atoms. The first-order valence-corrected chi connectivity index (χ1v) is 14.7. The zero-order chi connectivity index (χ0) is 29.5. The first-order chi connectivity index (χ1) is 19.7. The van der Waals surface area contributed by atoms with Crippen LogP contribution >= 0.6 is 48.0 Å². The van der Waals surface area contributed by atoms with Crippen molar-refractivity contribution >= 4 is 87.9 Å². The van der Waals surface area contributed by atoms with E-state index in [1.165, 1.54) is 0 Å². The van der Waals surface area contributed by atoms with Crippen LogP contribution in [0, 0.1) is 6.92 Å². The molecule has 2 aromatic heterocycles. The number of benzene rings is 2. The Kier molecular flexibility index (Phi) is 14.1. The third-order valence-electron chi connectivity index (χ3n) is 6.79. The maximum absolute atomic E-state index is 13.1. The predicted octanol–water partition coefficient (Wildman–Crippen LogP) is 6.54. The Bertz CT molecular complexity index is 1510. The smallest absolute Gasteiger partial charge is 0.255 e. The van der Waals surface area contributed by atoms with E-state index in [9.17, 15) is 9.59 Å². The van der Waals surface area contributed by atoms with Crippen LogP contribution in [0.4, 0.5) is 17.1 Å². The number of amides is 2. The topological polar surface area (TPSA) is 98.3 Å². The van der Waals surface area contributed by atoms with Crippen molar-refractivity contribution in [1.29, 1.82) is 0 Å². The minimum absolute atomic E-state index is 0. The van der Waals surface area contributed by atoms with Crippen molar-refractivity contribution < 1.29 is 9.59 Å². The van der Waals surface area contributed by atoms with Gasteiger partial charge in [-0.2, -0.15) is 0 Å². The number of hydrogen-bond acceptors (Lipinski definition) is 5. The number of carbonyl (C=O) groups excluding carboxylic acids is 2. The lowest BCUT2D eigenvalue weighted by atomic mass is 10.1. The molecule has 2 heterocycles. The number of imidazole rings is 1. The number of alkyl halides is 2. The van der Waals surface area contributed by atoms with E-state index in [1.807, 2.05) is 69.2 Å². The van der Waals surface area contributed by atoms with Gasteiger partial charge in [-0.3, -0.25) is 9.59 Å². The van der Waals surface area contributed by atoms with Crippen molar-refractivity contribution in [3.63, 3.8) is 0 Å². The number of nitrogens with zero attached hydrogens (tertiary/aromatic N) is 4. The summed E-state index contributed by atoms with van der Waals surface area (Å²) in [4.78, 5) is 37.7. The summed E-state index contributed by atoms with van der Waals surface area (Å²) >= 11 is 11.9. The lowest BCUT2D eigenvalue weighted by Crippen LogP contribution is -2.28. The number of aromatic amines is 1. The normalized spacial score (nSPS) is 10.8. The minimum atomic E-state index is -0.216. The Morgan fingerprint density at radius 1 is 0.953 bits per heavy atom. The lowest BCUT2D eigenvalue weighted by molar-refractivity contribution is -0.116. The van der Waals surface area contributed by atoms with Gasteiger partial charge >= 0.3 is 0 Å². The summed E-state index contributed by atoms with van der Waals surface area (Å²) in [5.41, 5.74) is 6.31. The van der Waals surface area contributed by atoms with E-state index in [-0.39, 0.29) is 36.6 Å². The number of aromatic nitrogens is 3. The van der Waals surface area contributed by atoms with Gasteiger partial charge in [-0.15, -0.1) is 48.0 Å². The molecule has 4 aromatic rings. The Hall–Kier alpha value is -2.95. The van der Waals surface area contributed by atoms with Crippen LogP contribution in [0.2, 0.25) is 0 Å². The van der Waals surface area contributed by atoms with Gasteiger partial charge in [0.25, 0.3) is 5.91 Å². The molecule has 0 radical (unpaired) electrons. The van der Waals surface area contributed by atoms with Crippen LogP contribution in [0.3, 0.4) is 0 Å². The summed E-state index contributed by atoms with van der Waals surface area (Å²) in [6.07, 6.45) is 3.12. The molecule has 0 aliphatic rings. The maximum atomic E-state index is 13.1. The van der Waals surface area contributed by atoms with Gasteiger partial charge in [0, 0.05) is 61.5 Å². The van der Waals surface area contributed by atoms with Gasteiger partial charge in [0.2, 0.25) is 5.91 Å². The van der Waals surface area contributed by atoms with E-state index < -0.39 is 0 Å². The number of hydrogen-bond donors (Lipinski definition) is 3. The number of aryl methyl sites for hydroxylation is 2. The van der Waals surface area contributed by atoms with Crippen LogP contribution < -0.4 is 15.5 Å². The van der Waals surface area contributed by atoms with Crippen LogP contribution in [0.25, 0.3) is 22.6 Å². The number of halogens is 4. The fraction of sp³-hybridized carbons (Fsp3) is 0.367. The number of nitrogens with one attached hydrogen (secondary N) is 3. The fourth-order valence-corrected chi connectivity index (χ4v) is 5.18. The van der Waals surface area contributed by atoms with Crippen molar-refractivity contribution in [3.8, 4) is 11.5 Å². The molecule has 0 fully saturated rings. The Morgan fingerprint density at radius 3 is 2.33 bits per heavy atom. The Labute approximate surface area is 275 Å². The molecular formula is C30H39Cl4N7O2. The van der Waals surface area contributed by atoms with Gasteiger partial charge in [-0.1, -0.05) is 0 Å². The third kappa shape index (κ3) is 9.52. The second-order valence-corrected chi connectivity index (χ2v) is 11.1. The van der Waals surface area contributed by atoms with Crippen molar-refractivity contribution in [1.82, 2.24) is 19.4 Å². The van der Waals surface area contributed by atoms with Crippen LogP contribution in [0.1, 0.15) is 28.8 Å². The minimum Gasteiger partial charge on any atom is -0.369 e. The van der Waals surface area contributed by atoms with Crippen molar-refractivity contribution in [2.75, 3.05) is 61.0 Å². The first-order valence-electron chi connectivity index (χ1n) is 13.6. The number of fused-ring (bicyclic) bond motifs is 1. The molecule has 0 unspecified atom stereocenters. The molecule has 2 aromatic carbocycles. The standard InChI is InChI=1S/C30H37Cl2N7O2.2ClH/c1-20-16-22(8-10-26(20)39(14-11-31)15-12-32)34-30(41)21-7-9-24-25(17-21)36-29(35-24)27-18-23(19-38(27)4)33-28(40)6-5-13-37(2)3;;/h7-10,16-19H,5-6,11-15H2,1-4H3,(H,33,40)(H,34,41)(H,35,36);2*1H. The molecule has 9 nitrogen and oxygen atoms in total. The first kappa shape index (κ1) is 36.2. The van der Waals surface area contributed by atoms with Crippen molar-refractivity contribution in [2.24, 2.45) is 7.05 Å². The van der Waals surface area contributed by atoms with E-state index in [0.29, 0.717) is 54.0 Å². The Balaban J connectivity index is 0.00000323. The molecule has 13 heteroatoms. The predicted molar refractivity (Wildman–Crippen MR) is 184 cm³/mol. The summed E-state index contributed by atoms with van der Waals surface area (Å²) in [6, 6.07) is 13.1. The average molecular weight is 672 g/mol. The summed E-state index contributed by atoms with van der Waals surface area (Å²) < 4.78 is 1.91. The number of H-pyrrole nitrogens is 1. The quantitative estimate of drug-likeness (QED) is 0.140. The summed E-state index contributed by atoms with van der Waals surface area (Å²) in [7, 11) is 5.89. The molecule has 0 spiro atoms. The molecule has 2 amide bonds. The summed E-state index contributed by atoms with van der Waals surface area (Å²) in [5, 5.41) is 5.96. The van der Waals surface area contributed by atoms with E-state index in [1.54, 1.807) is 12.1 Å². The molecule has 0 atom stereocenters. The van der Waals surface area contributed by atoms with Crippen molar-refractivity contribution in [2.45, 2.75) is 19.8 Å². The van der Waals surface area contributed by atoms with Gasteiger partial charge in [0.15, 0.2) is 5.82 Å². The molecule has 0 aliphatic heterocycles. The van der Waals surface area contributed by atoms with Crippen LogP contribution in [-0.2, 0) is 11.8 Å². The zero-order valence-corrected chi connectivity index (χ0v) is 27.9. The number of carbonyl (C=O) groups is 2. The molecule has 4 rings (SSSR count). The second-order valence-electron chi connectivity index (χ2n) is 10.3. The monoisotopic (exact) mass is 669 g/mol. The highest BCUT2D eigenvalue weighted by atomic mass is 35.5. The molecule has 0 saturated carbocycles. The second kappa shape index (κ2) is 16.8. The van der Waals surface area contributed by atoms with Gasteiger partial charge in [0.05, 0.1) is 22.4 Å². The van der Waals surface area contributed by atoms with Crippen LogP contribution in [0.5, 0.6) is 0 Å². The zero-order valence-electron chi connectivity index (χ0n) is 24.7. The van der Waals surface area contributed by atoms with Crippen molar-refractivity contribution in [3.05, 3.63) is 59.8 Å². The van der Waals surface area contributed by atoms with E-state index in [0.717, 1.165) is 40.9 Å². The van der Waals surface area contributed by atoms with Crippen LogP contribution in [-0.4, -0.2) is 76.7 Å². The molecule has 0 bridgehead atoms. The van der Waals surface area contributed by atoms with Gasteiger partial charge in [-0.05, 0) is 82.0 Å². The largest absolute Gasteiger partial charge is 0.369 e. The van der Waals surface area contributed by atoms with Gasteiger partial charge in [0.1, 0.15) is 0 Å². The molecule has 3 N–H and O–H groups in total. The number of rotatable bonds is 13. The highest BCUT2D eigenvalue weighted by Gasteiger charge is 2.15. The molecular weight excluding hydrogens is 632 g/mol. The van der Waals surface area contributed by atoms with Crippen LogP contribution in [0.15, 0.2) is 48.7 Å². The maximum Gasteiger partial charge on any atom is 0.255 e. The SMILES string of the molecule is Cc1cc(NC(=O)c2ccc3nc(-c4cc(NC(=O)CCCN(C)C)cn4C)[nH]c3c2)ccc1N(CCCl)CCCl.Cl.Cl. The molecule has 0 saturated heterocycles. The Morgan fingerprint density at radius 2 is 1.67 bits per heavy atom. The van der Waals surface area contributed by atoms with Gasteiger partial charge in [-0.25, -0.2) is 4.98 Å². The lowest BCUT2D eigenvalue weighted by Gasteiger charge is -2.25. The average Bonchev–Trinajstić information content (AvgIpc) is 3.50. The van der Waals surface area contributed by atoms with E-state index >= 15 is 0 Å². The summed E-state index contributed by atoms with van der Waals surface area (Å²) in [5.74, 6) is 1.43. The summed E-state index contributed by atoms with van der Waals surface area (Å²) in [6.45, 7) is 4.26. The fourth-order valence-electron chi connectivity index (χ4n) is 4.77. The molecule has 0 aliphatic carbocycles. The number of anilines is 3. The highest BCUT2D eigenvalue weighted by Crippen LogP contribution is 2.27. The molecule has 234 valence electrons. The van der Waals surface area contributed by atoms with Gasteiger partial charge < -0.3 is 30.0 Å². The highest BCUT2D eigenvalue weighted by molar-refractivity contribution is 6.18. The third-order valence-corrected chi connectivity index (χ3v) is 7.13.